The molecule has 1 unspecified atom stereocenters. The van der Waals surface area contributed by atoms with Crippen LogP contribution in [0.1, 0.15) is 19.8 Å². The number of benzene rings is 2. The van der Waals surface area contributed by atoms with Crippen molar-refractivity contribution in [2.24, 2.45) is 0 Å². The zero-order valence-electron chi connectivity index (χ0n) is 11.6. The number of hydrogen-bond acceptors (Lipinski definition) is 2. The third-order valence-corrected chi connectivity index (χ3v) is 4.13. The van der Waals surface area contributed by atoms with Gasteiger partial charge in [-0.2, -0.15) is 0 Å². The van der Waals surface area contributed by atoms with Gasteiger partial charge in [0, 0.05) is 30.2 Å². The summed E-state index contributed by atoms with van der Waals surface area (Å²) in [5, 5.41) is 6.23. The molecule has 100 valence electrons. The van der Waals surface area contributed by atoms with Crippen molar-refractivity contribution in [3.8, 4) is 0 Å². The molecule has 0 radical (unpaired) electrons. The smallest absolute Gasteiger partial charge is 0.0448 e. The maximum absolute atomic E-state index is 3.53. The second-order valence-corrected chi connectivity index (χ2v) is 5.28. The predicted molar refractivity (Wildman–Crippen MR) is 82.9 cm³/mol. The Hall–Kier alpha value is -1.54. The van der Waals surface area contributed by atoms with Gasteiger partial charge in [0.1, 0.15) is 0 Å². The topological polar surface area (TPSA) is 15.3 Å². The summed E-state index contributed by atoms with van der Waals surface area (Å²) in [7, 11) is 0. The minimum Gasteiger partial charge on any atom is -0.367 e. The lowest BCUT2D eigenvalue weighted by Crippen LogP contribution is -2.46. The van der Waals surface area contributed by atoms with E-state index in [2.05, 4.69) is 59.6 Å². The van der Waals surface area contributed by atoms with Crippen LogP contribution in [0.25, 0.3) is 10.8 Å². The fraction of sp³-hybridized carbons (Fsp3) is 0.412. The summed E-state index contributed by atoms with van der Waals surface area (Å²) in [6, 6.07) is 16.0. The maximum atomic E-state index is 3.53. The SMILES string of the molecule is CCN(c1cccc2ccccc12)C1CCCNC1. The molecular formula is C17H22N2. The molecular weight excluding hydrogens is 232 g/mol. The van der Waals surface area contributed by atoms with E-state index in [0.29, 0.717) is 6.04 Å². The molecule has 1 N–H and O–H groups in total. The highest BCUT2D eigenvalue weighted by Crippen LogP contribution is 2.29. The summed E-state index contributed by atoms with van der Waals surface area (Å²) < 4.78 is 0. The van der Waals surface area contributed by atoms with Gasteiger partial charge in [0.2, 0.25) is 0 Å². The van der Waals surface area contributed by atoms with Crippen molar-refractivity contribution in [1.82, 2.24) is 5.32 Å². The van der Waals surface area contributed by atoms with E-state index in [9.17, 15) is 0 Å². The van der Waals surface area contributed by atoms with Crippen LogP contribution in [0.15, 0.2) is 42.5 Å². The summed E-state index contributed by atoms with van der Waals surface area (Å²) in [6.07, 6.45) is 2.58. The lowest BCUT2D eigenvalue weighted by molar-refractivity contribution is 0.436. The molecule has 19 heavy (non-hydrogen) atoms. The molecule has 0 aliphatic carbocycles. The molecule has 1 heterocycles. The minimum absolute atomic E-state index is 0.629. The third kappa shape index (κ3) is 2.45. The molecule has 1 atom stereocenters. The van der Waals surface area contributed by atoms with Gasteiger partial charge < -0.3 is 10.2 Å². The number of nitrogens with zero attached hydrogens (tertiary/aromatic N) is 1. The normalized spacial score (nSPS) is 19.5. The van der Waals surface area contributed by atoms with Crippen molar-refractivity contribution in [1.29, 1.82) is 0 Å². The third-order valence-electron chi connectivity index (χ3n) is 4.13. The number of fused-ring (bicyclic) bond motifs is 1. The van der Waals surface area contributed by atoms with Gasteiger partial charge in [0.05, 0.1) is 0 Å². The average Bonchev–Trinajstić information content (AvgIpc) is 2.49. The first-order chi connectivity index (χ1) is 9.40. The molecule has 2 heteroatoms. The van der Waals surface area contributed by atoms with Gasteiger partial charge in [0.15, 0.2) is 0 Å². The van der Waals surface area contributed by atoms with Gasteiger partial charge in [-0.1, -0.05) is 36.4 Å². The summed E-state index contributed by atoms with van der Waals surface area (Å²) in [4.78, 5) is 2.56. The standard InChI is InChI=1S/C17H22N2/c1-2-19(15-9-6-12-18-13-15)17-11-5-8-14-7-3-4-10-16(14)17/h3-5,7-8,10-11,15,18H,2,6,9,12-13H2,1H3. The summed E-state index contributed by atoms with van der Waals surface area (Å²) in [5.74, 6) is 0. The quantitative estimate of drug-likeness (QED) is 0.903. The highest BCUT2D eigenvalue weighted by Gasteiger charge is 2.21. The molecule has 1 fully saturated rings. The van der Waals surface area contributed by atoms with Crippen LogP contribution in [0.2, 0.25) is 0 Å². The zero-order chi connectivity index (χ0) is 13.1. The van der Waals surface area contributed by atoms with Crippen molar-refractivity contribution in [3.05, 3.63) is 42.5 Å². The number of hydrogen-bond donors (Lipinski definition) is 1. The van der Waals surface area contributed by atoms with Gasteiger partial charge in [-0.25, -0.2) is 0 Å². The van der Waals surface area contributed by atoms with Crippen molar-refractivity contribution < 1.29 is 0 Å². The van der Waals surface area contributed by atoms with Crippen molar-refractivity contribution in [2.75, 3.05) is 24.5 Å². The molecule has 0 bridgehead atoms. The highest BCUT2D eigenvalue weighted by atomic mass is 15.2. The number of rotatable bonds is 3. The zero-order valence-corrected chi connectivity index (χ0v) is 11.6. The molecule has 0 saturated carbocycles. The Labute approximate surface area is 115 Å². The van der Waals surface area contributed by atoms with E-state index in [1.165, 1.54) is 35.8 Å². The molecule has 0 spiro atoms. The second-order valence-electron chi connectivity index (χ2n) is 5.28. The van der Waals surface area contributed by atoms with Crippen LogP contribution in [0.5, 0.6) is 0 Å². The van der Waals surface area contributed by atoms with Crippen molar-refractivity contribution >= 4 is 16.5 Å². The first kappa shape index (κ1) is 12.5. The lowest BCUT2D eigenvalue weighted by Gasteiger charge is -2.36. The highest BCUT2D eigenvalue weighted by molar-refractivity contribution is 5.94. The molecule has 2 nitrogen and oxygen atoms in total. The van der Waals surface area contributed by atoms with E-state index >= 15 is 0 Å². The Morgan fingerprint density at radius 3 is 2.79 bits per heavy atom. The summed E-state index contributed by atoms with van der Waals surface area (Å²) in [6.45, 7) is 5.61. The predicted octanol–water partition coefficient (Wildman–Crippen LogP) is 3.42. The fourth-order valence-electron chi connectivity index (χ4n) is 3.18. The van der Waals surface area contributed by atoms with Crippen molar-refractivity contribution in [2.45, 2.75) is 25.8 Å². The van der Waals surface area contributed by atoms with E-state index in [1.807, 2.05) is 0 Å². The van der Waals surface area contributed by atoms with Gasteiger partial charge in [0.25, 0.3) is 0 Å². The van der Waals surface area contributed by atoms with Gasteiger partial charge in [-0.3, -0.25) is 0 Å². The van der Waals surface area contributed by atoms with Crippen LogP contribution in [-0.2, 0) is 0 Å². The Balaban J connectivity index is 2.00. The Morgan fingerprint density at radius 1 is 1.16 bits per heavy atom. The van der Waals surface area contributed by atoms with Gasteiger partial charge in [-0.15, -0.1) is 0 Å². The van der Waals surface area contributed by atoms with Gasteiger partial charge >= 0.3 is 0 Å². The number of nitrogens with one attached hydrogen (secondary N) is 1. The van der Waals surface area contributed by atoms with E-state index in [1.54, 1.807) is 0 Å². The van der Waals surface area contributed by atoms with Crippen LogP contribution in [0.4, 0.5) is 5.69 Å². The van der Waals surface area contributed by atoms with Gasteiger partial charge in [-0.05, 0) is 37.8 Å². The molecule has 1 aliphatic heterocycles. The fourth-order valence-corrected chi connectivity index (χ4v) is 3.18. The van der Waals surface area contributed by atoms with E-state index < -0.39 is 0 Å². The molecule has 1 aliphatic rings. The Kier molecular flexibility index (Phi) is 3.69. The lowest BCUT2D eigenvalue weighted by atomic mass is 10.0. The molecule has 0 aromatic heterocycles. The van der Waals surface area contributed by atoms with Crippen LogP contribution < -0.4 is 10.2 Å². The van der Waals surface area contributed by atoms with Crippen molar-refractivity contribution in [3.63, 3.8) is 0 Å². The van der Waals surface area contributed by atoms with E-state index in [4.69, 9.17) is 0 Å². The van der Waals surface area contributed by atoms with Crippen LogP contribution in [-0.4, -0.2) is 25.7 Å². The second kappa shape index (κ2) is 5.62. The first-order valence-electron chi connectivity index (χ1n) is 7.35. The molecule has 0 amide bonds. The monoisotopic (exact) mass is 254 g/mol. The summed E-state index contributed by atoms with van der Waals surface area (Å²) >= 11 is 0. The molecule has 3 rings (SSSR count). The summed E-state index contributed by atoms with van der Waals surface area (Å²) in [5.41, 5.74) is 1.38. The average molecular weight is 254 g/mol. The number of likely N-dealkylation sites (N-methyl/N-ethyl adjacent to an activating group) is 1. The number of piperidine rings is 1. The maximum Gasteiger partial charge on any atom is 0.0448 e. The largest absolute Gasteiger partial charge is 0.367 e. The molecule has 2 aromatic carbocycles. The van der Waals surface area contributed by atoms with Crippen LogP contribution in [0, 0.1) is 0 Å². The van der Waals surface area contributed by atoms with E-state index in [0.717, 1.165) is 13.1 Å². The Morgan fingerprint density at radius 2 is 2.00 bits per heavy atom. The minimum atomic E-state index is 0.629. The van der Waals surface area contributed by atoms with E-state index in [-0.39, 0.29) is 0 Å². The van der Waals surface area contributed by atoms with Crippen LogP contribution >= 0.6 is 0 Å². The molecule has 1 saturated heterocycles. The molecule has 2 aromatic rings. The first-order valence-corrected chi connectivity index (χ1v) is 7.35. The van der Waals surface area contributed by atoms with Crippen LogP contribution in [0.3, 0.4) is 0 Å². The Bertz CT molecular complexity index is 538. The number of anilines is 1.